The van der Waals surface area contributed by atoms with Gasteiger partial charge in [-0.3, -0.25) is 14.3 Å². The van der Waals surface area contributed by atoms with Gasteiger partial charge in [0.05, 0.1) is 12.5 Å². The zero-order chi connectivity index (χ0) is 15.6. The van der Waals surface area contributed by atoms with Crippen molar-refractivity contribution in [2.45, 2.75) is 13.0 Å². The molecular formula is C10H16N5O5P. The average molecular weight is 317 g/mol. The molecule has 0 aliphatic heterocycles. The zero-order valence-corrected chi connectivity index (χ0v) is 11.9. The SMILES string of the molecule is Nc1nc2c(ncn2CC[C@@H](CO)CP(=O)(O)O)c(=O)[nH]1. The van der Waals surface area contributed by atoms with Crippen LogP contribution < -0.4 is 11.3 Å². The lowest BCUT2D eigenvalue weighted by molar-refractivity contribution is 0.220. The highest BCUT2D eigenvalue weighted by atomic mass is 31.2. The summed E-state index contributed by atoms with van der Waals surface area (Å²) in [5.41, 5.74) is 5.45. The predicted molar refractivity (Wildman–Crippen MR) is 74.7 cm³/mol. The molecule has 2 aromatic rings. The molecule has 21 heavy (non-hydrogen) atoms. The van der Waals surface area contributed by atoms with Gasteiger partial charge in [0.1, 0.15) is 0 Å². The quantitative estimate of drug-likeness (QED) is 0.417. The Morgan fingerprint density at radius 3 is 2.81 bits per heavy atom. The Morgan fingerprint density at radius 2 is 2.19 bits per heavy atom. The highest BCUT2D eigenvalue weighted by molar-refractivity contribution is 7.51. The van der Waals surface area contributed by atoms with E-state index < -0.39 is 25.2 Å². The molecule has 0 saturated carbocycles. The van der Waals surface area contributed by atoms with Crippen LogP contribution in [-0.2, 0) is 11.1 Å². The number of nitrogens with zero attached hydrogens (tertiary/aromatic N) is 3. The van der Waals surface area contributed by atoms with Crippen LogP contribution in [0.2, 0.25) is 0 Å². The second-order valence-corrected chi connectivity index (χ2v) is 6.44. The summed E-state index contributed by atoms with van der Waals surface area (Å²) in [5, 5.41) is 9.16. The van der Waals surface area contributed by atoms with Crippen LogP contribution in [0.1, 0.15) is 6.42 Å². The Labute approximate surface area is 118 Å². The number of aliphatic hydroxyl groups is 1. The minimum Gasteiger partial charge on any atom is -0.396 e. The molecule has 2 rings (SSSR count). The van der Waals surface area contributed by atoms with Gasteiger partial charge in [-0.05, 0) is 12.3 Å². The van der Waals surface area contributed by atoms with Crippen LogP contribution in [0, 0.1) is 5.92 Å². The van der Waals surface area contributed by atoms with Crippen molar-refractivity contribution in [3.63, 3.8) is 0 Å². The van der Waals surface area contributed by atoms with Gasteiger partial charge in [0.15, 0.2) is 11.2 Å². The van der Waals surface area contributed by atoms with E-state index in [0.29, 0.717) is 18.6 Å². The number of aryl methyl sites for hydroxylation is 1. The maximum absolute atomic E-state index is 11.6. The number of nitrogen functional groups attached to an aromatic ring is 1. The molecule has 2 aromatic heterocycles. The van der Waals surface area contributed by atoms with Crippen molar-refractivity contribution in [3.8, 4) is 0 Å². The number of aliphatic hydroxyl groups excluding tert-OH is 1. The molecule has 0 spiro atoms. The number of H-pyrrole nitrogens is 1. The fraction of sp³-hybridized carbons (Fsp3) is 0.500. The van der Waals surface area contributed by atoms with Crippen molar-refractivity contribution in [1.82, 2.24) is 19.5 Å². The number of hydrogen-bond donors (Lipinski definition) is 5. The molecule has 0 saturated heterocycles. The molecule has 0 aliphatic carbocycles. The predicted octanol–water partition coefficient (Wildman–Crippen LogP) is -1.12. The van der Waals surface area contributed by atoms with E-state index in [-0.39, 0.29) is 18.1 Å². The lowest BCUT2D eigenvalue weighted by atomic mass is 10.1. The molecule has 11 heteroatoms. The average Bonchev–Trinajstić information content (AvgIpc) is 2.76. The lowest BCUT2D eigenvalue weighted by Crippen LogP contribution is -2.16. The van der Waals surface area contributed by atoms with Crippen LogP contribution in [0.4, 0.5) is 5.95 Å². The van der Waals surface area contributed by atoms with Crippen LogP contribution >= 0.6 is 7.60 Å². The van der Waals surface area contributed by atoms with E-state index in [1.807, 2.05) is 0 Å². The summed E-state index contributed by atoms with van der Waals surface area (Å²) >= 11 is 0. The second kappa shape index (κ2) is 5.94. The number of imidazole rings is 1. The summed E-state index contributed by atoms with van der Waals surface area (Å²) in [4.78, 5) is 39.7. The lowest BCUT2D eigenvalue weighted by Gasteiger charge is -2.15. The normalized spacial score (nSPS) is 13.7. The van der Waals surface area contributed by atoms with Crippen LogP contribution in [0.3, 0.4) is 0 Å². The van der Waals surface area contributed by atoms with Crippen LogP contribution in [0.15, 0.2) is 11.1 Å². The number of aromatic amines is 1. The first-order chi connectivity index (χ1) is 9.80. The minimum absolute atomic E-state index is 0.0387. The second-order valence-electron chi connectivity index (χ2n) is 4.75. The van der Waals surface area contributed by atoms with Crippen LogP contribution in [-0.4, -0.2) is 47.2 Å². The van der Waals surface area contributed by atoms with E-state index in [1.54, 1.807) is 4.57 Å². The van der Waals surface area contributed by atoms with Gasteiger partial charge < -0.3 is 25.2 Å². The molecule has 0 radical (unpaired) electrons. The molecule has 0 unspecified atom stereocenters. The molecule has 116 valence electrons. The number of hydrogen-bond acceptors (Lipinski definition) is 6. The highest BCUT2D eigenvalue weighted by Gasteiger charge is 2.21. The topological polar surface area (TPSA) is 167 Å². The highest BCUT2D eigenvalue weighted by Crippen LogP contribution is 2.37. The van der Waals surface area contributed by atoms with Gasteiger partial charge in [0.25, 0.3) is 5.56 Å². The number of nitrogens with two attached hydrogens (primary N) is 1. The van der Waals surface area contributed by atoms with Crippen LogP contribution in [0.5, 0.6) is 0 Å². The van der Waals surface area contributed by atoms with E-state index in [4.69, 9.17) is 20.6 Å². The number of rotatable bonds is 6. The van der Waals surface area contributed by atoms with E-state index in [1.165, 1.54) is 6.33 Å². The largest absolute Gasteiger partial charge is 0.396 e. The molecule has 6 N–H and O–H groups in total. The van der Waals surface area contributed by atoms with Crippen molar-refractivity contribution >= 4 is 24.7 Å². The Kier molecular flexibility index (Phi) is 4.43. The van der Waals surface area contributed by atoms with E-state index in [9.17, 15) is 9.36 Å². The van der Waals surface area contributed by atoms with Gasteiger partial charge >= 0.3 is 7.60 Å². The fourth-order valence-corrected chi connectivity index (χ4v) is 3.00. The van der Waals surface area contributed by atoms with Gasteiger partial charge in [-0.1, -0.05) is 0 Å². The Hall–Kier alpha value is -1.74. The first-order valence-corrected chi connectivity index (χ1v) is 7.96. The number of nitrogens with one attached hydrogen (secondary N) is 1. The maximum Gasteiger partial charge on any atom is 0.325 e. The summed E-state index contributed by atoms with van der Waals surface area (Å²) in [6.07, 6.45) is 1.31. The summed E-state index contributed by atoms with van der Waals surface area (Å²) in [6.45, 7) is -0.0362. The van der Waals surface area contributed by atoms with Crippen LogP contribution in [0.25, 0.3) is 11.2 Å². The van der Waals surface area contributed by atoms with Crippen molar-refractivity contribution in [2.24, 2.45) is 5.92 Å². The van der Waals surface area contributed by atoms with Crippen molar-refractivity contribution < 1.29 is 19.5 Å². The minimum atomic E-state index is -4.18. The Morgan fingerprint density at radius 1 is 1.48 bits per heavy atom. The first kappa shape index (κ1) is 15.6. The molecule has 10 nitrogen and oxygen atoms in total. The monoisotopic (exact) mass is 317 g/mol. The van der Waals surface area contributed by atoms with Gasteiger partial charge in [0.2, 0.25) is 5.95 Å². The van der Waals surface area contributed by atoms with Gasteiger partial charge in [-0.25, -0.2) is 4.98 Å². The molecule has 0 bridgehead atoms. The molecule has 0 aliphatic rings. The smallest absolute Gasteiger partial charge is 0.325 e. The summed E-state index contributed by atoms with van der Waals surface area (Å²) in [7, 11) is -4.18. The molecular weight excluding hydrogens is 301 g/mol. The molecule has 0 amide bonds. The molecule has 1 atom stereocenters. The Balaban J connectivity index is 2.17. The van der Waals surface area contributed by atoms with E-state index in [2.05, 4.69) is 15.0 Å². The van der Waals surface area contributed by atoms with Gasteiger partial charge in [0, 0.05) is 13.2 Å². The Bertz CT molecular complexity index is 735. The standard InChI is InChI=1S/C10H16N5O5P/c11-10-13-8-7(9(17)14-10)12-5-15(8)2-1-6(3-16)4-21(18,19)20/h5-6,16H,1-4H2,(H2,18,19,20)(H3,11,13,14,17)/t6-/m0/s1. The van der Waals surface area contributed by atoms with Crippen molar-refractivity contribution in [3.05, 3.63) is 16.7 Å². The third-order valence-electron chi connectivity index (χ3n) is 3.03. The number of fused-ring (bicyclic) bond motifs is 1. The summed E-state index contributed by atoms with van der Waals surface area (Å²) in [5.74, 6) is -0.592. The van der Waals surface area contributed by atoms with Gasteiger partial charge in [-0.2, -0.15) is 4.98 Å². The zero-order valence-electron chi connectivity index (χ0n) is 11.0. The fourth-order valence-electron chi connectivity index (χ4n) is 2.03. The number of aromatic nitrogens is 4. The van der Waals surface area contributed by atoms with E-state index in [0.717, 1.165) is 0 Å². The molecule has 0 fully saturated rings. The van der Waals surface area contributed by atoms with Gasteiger partial charge in [-0.15, -0.1) is 0 Å². The third-order valence-corrected chi connectivity index (χ3v) is 4.02. The maximum atomic E-state index is 11.6. The van der Waals surface area contributed by atoms with E-state index >= 15 is 0 Å². The molecule has 2 heterocycles. The first-order valence-electron chi connectivity index (χ1n) is 6.16. The summed E-state index contributed by atoms with van der Waals surface area (Å²) in [6, 6.07) is 0. The molecule has 0 aromatic carbocycles. The third kappa shape index (κ3) is 3.88. The van der Waals surface area contributed by atoms with Crippen molar-refractivity contribution in [1.29, 1.82) is 0 Å². The summed E-state index contributed by atoms with van der Waals surface area (Å²) < 4.78 is 12.5. The number of anilines is 1. The van der Waals surface area contributed by atoms with Crippen molar-refractivity contribution in [2.75, 3.05) is 18.5 Å².